The molecule has 1 aliphatic heterocycles. The summed E-state index contributed by atoms with van der Waals surface area (Å²) in [5, 5.41) is 19.1. The van der Waals surface area contributed by atoms with Crippen molar-refractivity contribution < 1.29 is 19.0 Å². The quantitative estimate of drug-likeness (QED) is 0.702. The van der Waals surface area contributed by atoms with E-state index in [-0.39, 0.29) is 17.0 Å². The van der Waals surface area contributed by atoms with Gasteiger partial charge in [0, 0.05) is 6.21 Å². The molecule has 0 bridgehead atoms. The average Bonchev–Trinajstić information content (AvgIpc) is 2.74. The Morgan fingerprint density at radius 1 is 1.28 bits per heavy atom. The van der Waals surface area contributed by atoms with Gasteiger partial charge >= 0.3 is 5.97 Å². The highest BCUT2D eigenvalue weighted by Gasteiger charge is 2.32. The molecule has 0 aliphatic carbocycles. The Bertz CT molecular complexity index is 993. The molecule has 3 rings (SSSR count). The molecule has 0 amide bonds. The molecule has 29 heavy (non-hydrogen) atoms. The minimum atomic E-state index is -1.30. The second-order valence-corrected chi connectivity index (χ2v) is 6.42. The van der Waals surface area contributed by atoms with Gasteiger partial charge in [0.1, 0.15) is 28.9 Å². The van der Waals surface area contributed by atoms with Crippen molar-refractivity contribution >= 4 is 17.9 Å². The molecule has 0 radical (unpaired) electrons. The van der Waals surface area contributed by atoms with Crippen LogP contribution in [0.2, 0.25) is 0 Å². The van der Waals surface area contributed by atoms with E-state index in [1.54, 1.807) is 30.3 Å². The average molecular weight is 393 g/mol. The molecule has 148 valence electrons. The van der Waals surface area contributed by atoms with Gasteiger partial charge in [0.05, 0.1) is 12.3 Å². The molecule has 1 N–H and O–H groups in total. The van der Waals surface area contributed by atoms with E-state index in [2.05, 4.69) is 11.9 Å². The van der Waals surface area contributed by atoms with Crippen LogP contribution in [0.4, 0.5) is 10.1 Å². The van der Waals surface area contributed by atoms with Gasteiger partial charge < -0.3 is 14.7 Å². The van der Waals surface area contributed by atoms with Gasteiger partial charge in [0.15, 0.2) is 6.17 Å². The summed E-state index contributed by atoms with van der Waals surface area (Å²) in [7, 11) is 0. The van der Waals surface area contributed by atoms with Gasteiger partial charge in [-0.1, -0.05) is 37.6 Å². The molecule has 6 nitrogen and oxygen atoms in total. The number of hydrogen-bond donors (Lipinski definition) is 1. The molecular formula is C22H20FN3O3. The zero-order valence-corrected chi connectivity index (χ0v) is 15.9. The van der Waals surface area contributed by atoms with Crippen LogP contribution in [0, 0.1) is 17.1 Å². The SMILES string of the molecule is CCCCOc1ccc(C2N=CC(C(=O)O)=C(C#N)N2c2ccccc2F)cc1. The number of nitriles is 1. The number of anilines is 1. The first kappa shape index (κ1) is 20.1. The van der Waals surface area contributed by atoms with Gasteiger partial charge in [0.25, 0.3) is 0 Å². The van der Waals surface area contributed by atoms with E-state index in [1.165, 1.54) is 23.1 Å². The molecule has 0 aromatic heterocycles. The molecule has 0 spiro atoms. The van der Waals surface area contributed by atoms with Crippen molar-refractivity contribution in [1.82, 2.24) is 0 Å². The monoisotopic (exact) mass is 393 g/mol. The summed E-state index contributed by atoms with van der Waals surface area (Å²) in [6.45, 7) is 2.69. The molecule has 0 saturated carbocycles. The largest absolute Gasteiger partial charge is 0.494 e. The van der Waals surface area contributed by atoms with Crippen LogP contribution in [-0.4, -0.2) is 23.9 Å². The molecule has 2 aromatic carbocycles. The normalized spacial score (nSPS) is 15.9. The van der Waals surface area contributed by atoms with Crippen LogP contribution in [0.15, 0.2) is 64.8 Å². The van der Waals surface area contributed by atoms with Crippen LogP contribution in [0.5, 0.6) is 5.75 Å². The molecule has 0 fully saturated rings. The number of rotatable bonds is 7. The fourth-order valence-electron chi connectivity index (χ4n) is 3.00. The number of carboxylic acids is 1. The number of ether oxygens (including phenoxy) is 1. The second kappa shape index (κ2) is 9.02. The van der Waals surface area contributed by atoms with Gasteiger partial charge in [-0.25, -0.2) is 9.18 Å². The molecule has 7 heteroatoms. The minimum absolute atomic E-state index is 0.0768. The van der Waals surface area contributed by atoms with Crippen LogP contribution < -0.4 is 9.64 Å². The first-order chi connectivity index (χ1) is 14.1. The third kappa shape index (κ3) is 4.27. The zero-order chi connectivity index (χ0) is 20.8. The number of aliphatic carboxylic acids is 1. The summed E-state index contributed by atoms with van der Waals surface area (Å²) < 4.78 is 20.2. The zero-order valence-electron chi connectivity index (χ0n) is 15.9. The lowest BCUT2D eigenvalue weighted by atomic mass is 10.0. The van der Waals surface area contributed by atoms with Gasteiger partial charge in [-0.15, -0.1) is 0 Å². The molecule has 1 heterocycles. The summed E-state index contributed by atoms with van der Waals surface area (Å²) in [5.74, 6) is -1.18. The van der Waals surface area contributed by atoms with Crippen LogP contribution >= 0.6 is 0 Å². The predicted molar refractivity (Wildman–Crippen MR) is 107 cm³/mol. The van der Waals surface area contributed by atoms with Crippen molar-refractivity contribution in [3.63, 3.8) is 0 Å². The van der Waals surface area contributed by atoms with Crippen molar-refractivity contribution in [2.24, 2.45) is 4.99 Å². The summed E-state index contributed by atoms with van der Waals surface area (Å²) in [6, 6.07) is 14.9. The number of nitrogens with zero attached hydrogens (tertiary/aromatic N) is 3. The van der Waals surface area contributed by atoms with E-state index in [0.29, 0.717) is 17.9 Å². The molecule has 1 unspecified atom stereocenters. The van der Waals surface area contributed by atoms with Crippen molar-refractivity contribution in [1.29, 1.82) is 5.26 Å². The number of aliphatic imine (C=N–C) groups is 1. The first-order valence-electron chi connectivity index (χ1n) is 9.24. The Kier molecular flexibility index (Phi) is 6.25. The maximum Gasteiger partial charge on any atom is 0.340 e. The molecular weight excluding hydrogens is 373 g/mol. The van der Waals surface area contributed by atoms with Crippen LogP contribution in [0.1, 0.15) is 31.5 Å². The van der Waals surface area contributed by atoms with E-state index in [1.807, 2.05) is 6.07 Å². The number of unbranched alkanes of at least 4 members (excludes halogenated alkanes) is 1. The maximum absolute atomic E-state index is 14.5. The number of allylic oxidation sites excluding steroid dienone is 1. The van der Waals surface area contributed by atoms with E-state index in [0.717, 1.165) is 19.1 Å². The fraction of sp³-hybridized carbons (Fsp3) is 0.227. The number of hydrogen-bond acceptors (Lipinski definition) is 5. The lowest BCUT2D eigenvalue weighted by molar-refractivity contribution is -0.132. The van der Waals surface area contributed by atoms with Crippen LogP contribution in [-0.2, 0) is 4.79 Å². The highest BCUT2D eigenvalue weighted by Crippen LogP contribution is 2.37. The fourth-order valence-corrected chi connectivity index (χ4v) is 3.00. The molecule has 0 saturated heterocycles. The van der Waals surface area contributed by atoms with E-state index in [4.69, 9.17) is 4.74 Å². The van der Waals surface area contributed by atoms with Gasteiger partial charge in [-0.3, -0.25) is 4.99 Å². The molecule has 1 atom stereocenters. The second-order valence-electron chi connectivity index (χ2n) is 6.42. The Balaban J connectivity index is 2.01. The number of carboxylic acid groups (broad SMARTS) is 1. The van der Waals surface area contributed by atoms with Gasteiger partial charge in [-0.05, 0) is 36.2 Å². The predicted octanol–water partition coefficient (Wildman–Crippen LogP) is 4.46. The smallest absolute Gasteiger partial charge is 0.340 e. The first-order valence-corrected chi connectivity index (χ1v) is 9.24. The minimum Gasteiger partial charge on any atom is -0.494 e. The van der Waals surface area contributed by atoms with Crippen molar-refractivity contribution in [3.8, 4) is 11.8 Å². The topological polar surface area (TPSA) is 85.9 Å². The summed E-state index contributed by atoms with van der Waals surface area (Å²) >= 11 is 0. The lowest BCUT2D eigenvalue weighted by Crippen LogP contribution is -2.33. The van der Waals surface area contributed by atoms with Crippen molar-refractivity contribution in [3.05, 3.63) is 71.2 Å². The third-order valence-electron chi connectivity index (χ3n) is 4.48. The lowest BCUT2D eigenvalue weighted by Gasteiger charge is -2.33. The number of para-hydroxylation sites is 1. The molecule has 1 aliphatic rings. The Labute approximate surface area is 168 Å². The number of halogens is 1. The number of carbonyl (C=O) groups is 1. The van der Waals surface area contributed by atoms with Crippen LogP contribution in [0.3, 0.4) is 0 Å². The van der Waals surface area contributed by atoms with E-state index >= 15 is 0 Å². The van der Waals surface area contributed by atoms with E-state index in [9.17, 15) is 19.6 Å². The Morgan fingerprint density at radius 2 is 2.00 bits per heavy atom. The summed E-state index contributed by atoms with van der Waals surface area (Å²) in [4.78, 5) is 17.2. The number of benzene rings is 2. The van der Waals surface area contributed by atoms with Crippen LogP contribution in [0.25, 0.3) is 0 Å². The molecule has 2 aromatic rings. The standard InChI is InChI=1S/C22H20FN3O3/c1-2-3-12-29-16-10-8-15(9-11-16)21-25-14-17(22(27)28)20(13-24)26(21)19-7-5-4-6-18(19)23/h4-11,14,21H,2-3,12H2,1H3,(H,27,28). The van der Waals surface area contributed by atoms with Gasteiger partial charge in [-0.2, -0.15) is 5.26 Å². The maximum atomic E-state index is 14.5. The highest BCUT2D eigenvalue weighted by molar-refractivity contribution is 6.11. The van der Waals surface area contributed by atoms with Crippen molar-refractivity contribution in [2.75, 3.05) is 11.5 Å². The Morgan fingerprint density at radius 3 is 2.62 bits per heavy atom. The Hall–Kier alpha value is -3.66. The summed E-state index contributed by atoms with van der Waals surface area (Å²) in [5.41, 5.74) is 0.287. The van der Waals surface area contributed by atoms with Crippen molar-refractivity contribution in [2.45, 2.75) is 25.9 Å². The highest BCUT2D eigenvalue weighted by atomic mass is 19.1. The van der Waals surface area contributed by atoms with E-state index < -0.39 is 18.0 Å². The summed E-state index contributed by atoms with van der Waals surface area (Å²) in [6.07, 6.45) is 2.34. The van der Waals surface area contributed by atoms with Gasteiger partial charge in [0.2, 0.25) is 0 Å². The third-order valence-corrected chi connectivity index (χ3v) is 4.48.